The molecule has 2 saturated heterocycles. The zero-order chi connectivity index (χ0) is 17.3. The van der Waals surface area contributed by atoms with Gasteiger partial charge in [0.1, 0.15) is 5.54 Å². The Morgan fingerprint density at radius 1 is 1.21 bits per heavy atom. The molecule has 1 aromatic heterocycles. The molecule has 0 aliphatic carbocycles. The van der Waals surface area contributed by atoms with Gasteiger partial charge in [0, 0.05) is 25.8 Å². The van der Waals surface area contributed by atoms with Crippen molar-refractivity contribution in [3.05, 3.63) is 30.1 Å². The van der Waals surface area contributed by atoms with E-state index in [0.29, 0.717) is 25.3 Å². The predicted molar refractivity (Wildman–Crippen MR) is 91.2 cm³/mol. The lowest BCUT2D eigenvalue weighted by molar-refractivity contribution is -0.136. The molecule has 1 spiro atoms. The summed E-state index contributed by atoms with van der Waals surface area (Å²) in [5, 5.41) is 0. The van der Waals surface area contributed by atoms with Crippen molar-refractivity contribution < 1.29 is 9.59 Å². The van der Waals surface area contributed by atoms with Crippen LogP contribution < -0.4 is 0 Å². The van der Waals surface area contributed by atoms with Crippen LogP contribution in [-0.2, 0) is 11.3 Å². The normalized spacial score (nSPS) is 21.3. The highest BCUT2D eigenvalue weighted by atomic mass is 16.2. The molecule has 0 N–H and O–H groups in total. The number of hydrogen-bond donors (Lipinski definition) is 0. The van der Waals surface area contributed by atoms with Crippen molar-refractivity contribution in [2.45, 2.75) is 38.8 Å². The van der Waals surface area contributed by atoms with E-state index in [4.69, 9.17) is 0 Å². The molecule has 3 rings (SSSR count). The third-order valence-electron chi connectivity index (χ3n) is 5.03. The smallest absolute Gasteiger partial charge is 0.309 e. The maximum Gasteiger partial charge on any atom is 0.328 e. The third kappa shape index (κ3) is 2.90. The second-order valence-corrected chi connectivity index (χ2v) is 7.33. The summed E-state index contributed by atoms with van der Waals surface area (Å²) in [4.78, 5) is 35.9. The Kier molecular flexibility index (Phi) is 4.58. The lowest BCUT2D eigenvalue weighted by Crippen LogP contribution is -2.56. The molecule has 2 aliphatic rings. The summed E-state index contributed by atoms with van der Waals surface area (Å²) in [5.74, 6) is 0.278. The van der Waals surface area contributed by atoms with Crippen LogP contribution in [0.2, 0.25) is 0 Å². The van der Waals surface area contributed by atoms with Crippen molar-refractivity contribution in [3.8, 4) is 0 Å². The van der Waals surface area contributed by atoms with Crippen LogP contribution in [-0.4, -0.2) is 63.8 Å². The molecule has 0 atom stereocenters. The Hall–Kier alpha value is -1.95. The molecule has 130 valence electrons. The quantitative estimate of drug-likeness (QED) is 0.792. The molecular weight excluding hydrogens is 304 g/mol. The van der Waals surface area contributed by atoms with Gasteiger partial charge in [-0.25, -0.2) is 4.79 Å². The predicted octanol–water partition coefficient (Wildman–Crippen LogP) is 1.97. The Morgan fingerprint density at radius 2 is 1.92 bits per heavy atom. The van der Waals surface area contributed by atoms with Gasteiger partial charge in [-0.05, 0) is 37.9 Å². The van der Waals surface area contributed by atoms with Crippen molar-refractivity contribution in [1.29, 1.82) is 0 Å². The molecule has 0 aromatic carbocycles. The molecule has 3 amide bonds. The number of carbonyl (C=O) groups is 2. The highest BCUT2D eigenvalue weighted by molar-refractivity contribution is 6.07. The van der Waals surface area contributed by atoms with Gasteiger partial charge in [0.05, 0.1) is 12.2 Å². The van der Waals surface area contributed by atoms with Gasteiger partial charge in [-0.15, -0.1) is 0 Å². The van der Waals surface area contributed by atoms with Crippen LogP contribution in [0, 0.1) is 5.92 Å². The number of urea groups is 1. The first-order valence-electron chi connectivity index (χ1n) is 8.66. The minimum Gasteiger partial charge on any atom is -0.309 e. The van der Waals surface area contributed by atoms with Gasteiger partial charge in [-0.2, -0.15) is 0 Å². The Morgan fingerprint density at radius 3 is 2.50 bits per heavy atom. The van der Waals surface area contributed by atoms with Gasteiger partial charge >= 0.3 is 6.03 Å². The van der Waals surface area contributed by atoms with Crippen LogP contribution in [0.4, 0.5) is 4.79 Å². The van der Waals surface area contributed by atoms with Gasteiger partial charge in [0.25, 0.3) is 5.91 Å². The number of carbonyl (C=O) groups excluding carboxylic acids is 2. The maximum absolute atomic E-state index is 13.2. The SMILES string of the molecule is CC(C)CN1C(=O)N(Cc2ccccn2)C(=O)C12CCN(C)CC2. The fraction of sp³-hybridized carbons (Fsp3) is 0.611. The van der Waals surface area contributed by atoms with Crippen LogP contribution in [0.15, 0.2) is 24.4 Å². The topological polar surface area (TPSA) is 56.8 Å². The molecular formula is C18H26N4O2. The summed E-state index contributed by atoms with van der Waals surface area (Å²) in [7, 11) is 2.06. The number of aromatic nitrogens is 1. The summed E-state index contributed by atoms with van der Waals surface area (Å²) in [6, 6.07) is 5.40. The van der Waals surface area contributed by atoms with Crippen LogP contribution in [0.1, 0.15) is 32.4 Å². The number of nitrogens with zero attached hydrogens (tertiary/aromatic N) is 4. The van der Waals surface area contributed by atoms with E-state index in [1.807, 2.05) is 23.1 Å². The van der Waals surface area contributed by atoms with E-state index in [0.717, 1.165) is 18.8 Å². The van der Waals surface area contributed by atoms with E-state index >= 15 is 0 Å². The van der Waals surface area contributed by atoms with Crippen LogP contribution in [0.5, 0.6) is 0 Å². The average Bonchev–Trinajstić information content (AvgIpc) is 2.74. The van der Waals surface area contributed by atoms with E-state index in [1.54, 1.807) is 6.20 Å². The zero-order valence-corrected chi connectivity index (χ0v) is 14.7. The first-order chi connectivity index (χ1) is 11.4. The fourth-order valence-corrected chi connectivity index (χ4v) is 3.67. The minimum atomic E-state index is -0.664. The molecule has 6 nitrogen and oxygen atoms in total. The molecule has 0 radical (unpaired) electrons. The number of rotatable bonds is 4. The largest absolute Gasteiger partial charge is 0.328 e. The van der Waals surface area contributed by atoms with Crippen molar-refractivity contribution in [2.24, 2.45) is 5.92 Å². The number of amides is 3. The summed E-state index contributed by atoms with van der Waals surface area (Å²) >= 11 is 0. The standard InChI is InChI=1S/C18H26N4O2/c1-14(2)12-22-17(24)21(13-15-6-4-5-9-19-15)16(23)18(22)7-10-20(3)11-8-18/h4-6,9,14H,7-8,10-13H2,1-3H3. The highest BCUT2D eigenvalue weighted by Gasteiger charge is 2.57. The molecule has 0 bridgehead atoms. The van der Waals surface area contributed by atoms with Gasteiger partial charge in [0.2, 0.25) is 0 Å². The molecule has 2 fully saturated rings. The number of piperidine rings is 1. The van der Waals surface area contributed by atoms with Crippen LogP contribution >= 0.6 is 0 Å². The number of pyridine rings is 1. The van der Waals surface area contributed by atoms with Crippen LogP contribution in [0.25, 0.3) is 0 Å². The Bertz CT molecular complexity index is 609. The average molecular weight is 330 g/mol. The first-order valence-corrected chi connectivity index (χ1v) is 8.66. The number of hydrogen-bond acceptors (Lipinski definition) is 4. The monoisotopic (exact) mass is 330 g/mol. The van der Waals surface area contributed by atoms with Gasteiger partial charge in [-0.3, -0.25) is 14.7 Å². The van der Waals surface area contributed by atoms with Crippen molar-refractivity contribution in [3.63, 3.8) is 0 Å². The van der Waals surface area contributed by atoms with Crippen LogP contribution in [0.3, 0.4) is 0 Å². The van der Waals surface area contributed by atoms with E-state index in [-0.39, 0.29) is 18.5 Å². The minimum absolute atomic E-state index is 0.0492. The Labute approximate surface area is 143 Å². The number of likely N-dealkylation sites (tertiary alicyclic amines) is 1. The Balaban J connectivity index is 1.89. The second kappa shape index (κ2) is 6.51. The first kappa shape index (κ1) is 16.9. The maximum atomic E-state index is 13.2. The van der Waals surface area contributed by atoms with E-state index in [1.165, 1.54) is 4.90 Å². The molecule has 1 aromatic rings. The molecule has 0 saturated carbocycles. The summed E-state index contributed by atoms with van der Waals surface area (Å²) in [6.07, 6.45) is 3.11. The van der Waals surface area contributed by atoms with Gasteiger partial charge in [0.15, 0.2) is 0 Å². The lowest BCUT2D eigenvalue weighted by Gasteiger charge is -2.41. The molecule has 6 heteroatoms. The molecule has 2 aliphatic heterocycles. The lowest BCUT2D eigenvalue weighted by atomic mass is 9.85. The third-order valence-corrected chi connectivity index (χ3v) is 5.03. The summed E-state index contributed by atoms with van der Waals surface area (Å²) in [6.45, 7) is 6.72. The second-order valence-electron chi connectivity index (χ2n) is 7.33. The van der Waals surface area contributed by atoms with Gasteiger partial charge < -0.3 is 9.80 Å². The molecule has 3 heterocycles. The zero-order valence-electron chi connectivity index (χ0n) is 14.7. The fourth-order valence-electron chi connectivity index (χ4n) is 3.67. The molecule has 0 unspecified atom stereocenters. The highest BCUT2D eigenvalue weighted by Crippen LogP contribution is 2.38. The van der Waals surface area contributed by atoms with Gasteiger partial charge in [-0.1, -0.05) is 19.9 Å². The van der Waals surface area contributed by atoms with E-state index in [2.05, 4.69) is 30.8 Å². The molecule has 24 heavy (non-hydrogen) atoms. The van der Waals surface area contributed by atoms with E-state index < -0.39 is 5.54 Å². The summed E-state index contributed by atoms with van der Waals surface area (Å²) in [5.41, 5.74) is 0.0801. The van der Waals surface area contributed by atoms with E-state index in [9.17, 15) is 9.59 Å². The van der Waals surface area contributed by atoms with Crippen molar-refractivity contribution in [1.82, 2.24) is 19.7 Å². The van der Waals surface area contributed by atoms with Crippen molar-refractivity contribution in [2.75, 3.05) is 26.7 Å². The van der Waals surface area contributed by atoms with Crippen molar-refractivity contribution >= 4 is 11.9 Å². The summed E-state index contributed by atoms with van der Waals surface area (Å²) < 4.78 is 0. The number of imide groups is 1.